The Kier molecular flexibility index (Phi) is 4.58. The molecule has 0 aliphatic carbocycles. The van der Waals surface area contributed by atoms with Crippen LogP contribution in [-0.2, 0) is 9.47 Å². The maximum absolute atomic E-state index is 5.70. The summed E-state index contributed by atoms with van der Waals surface area (Å²) in [5.41, 5.74) is 8.38. The Bertz CT molecular complexity index is 380. The van der Waals surface area contributed by atoms with Crippen LogP contribution in [0.25, 0.3) is 0 Å². The van der Waals surface area contributed by atoms with E-state index >= 15 is 0 Å². The van der Waals surface area contributed by atoms with Crippen LogP contribution in [0.1, 0.15) is 17.9 Å². The summed E-state index contributed by atoms with van der Waals surface area (Å²) in [6.45, 7) is 2.48. The second-order valence-corrected chi connectivity index (χ2v) is 4.64. The molecular weight excluding hydrogens is 228 g/mol. The third-order valence-corrected chi connectivity index (χ3v) is 3.57. The molecule has 1 aliphatic rings. The van der Waals surface area contributed by atoms with Gasteiger partial charge < -0.3 is 20.1 Å². The van der Waals surface area contributed by atoms with Crippen LogP contribution in [0.15, 0.2) is 24.3 Å². The third-order valence-electron chi connectivity index (χ3n) is 3.57. The number of benzene rings is 1. The molecule has 18 heavy (non-hydrogen) atoms. The molecule has 1 unspecified atom stereocenters. The molecule has 0 saturated heterocycles. The minimum Gasteiger partial charge on any atom is -0.366 e. The van der Waals surface area contributed by atoms with Crippen LogP contribution in [0.2, 0.25) is 0 Å². The summed E-state index contributed by atoms with van der Waals surface area (Å²) in [6, 6.07) is 8.53. The zero-order valence-corrected chi connectivity index (χ0v) is 11.1. The van der Waals surface area contributed by atoms with Crippen molar-refractivity contribution in [2.45, 2.75) is 18.6 Å². The van der Waals surface area contributed by atoms with Crippen molar-refractivity contribution in [3.05, 3.63) is 29.8 Å². The molecule has 1 aromatic carbocycles. The lowest BCUT2D eigenvalue weighted by Crippen LogP contribution is -2.34. The van der Waals surface area contributed by atoms with E-state index in [4.69, 9.17) is 15.2 Å². The molecule has 1 atom stereocenters. The Hall–Kier alpha value is -1.10. The van der Waals surface area contributed by atoms with Crippen LogP contribution in [0.3, 0.4) is 0 Å². The lowest BCUT2D eigenvalue weighted by atomic mass is 9.98. The Morgan fingerprint density at radius 2 is 2.06 bits per heavy atom. The topological polar surface area (TPSA) is 47.7 Å². The largest absolute Gasteiger partial charge is 0.366 e. The van der Waals surface area contributed by atoms with Gasteiger partial charge >= 0.3 is 0 Å². The summed E-state index contributed by atoms with van der Waals surface area (Å²) in [7, 11) is 3.35. The standard InChI is InChI=1S/C14H22N2O2/c1-17-14(18-2)10-16-9-11(7-8-15)12-5-3-4-6-13(12)16/h3-6,11,14H,7-10,15H2,1-2H3. The Morgan fingerprint density at radius 1 is 1.33 bits per heavy atom. The molecule has 0 bridgehead atoms. The normalized spacial score (nSPS) is 18.4. The molecule has 1 aromatic rings. The molecule has 0 radical (unpaired) electrons. The number of nitrogens with two attached hydrogens (primary N) is 1. The molecule has 100 valence electrons. The van der Waals surface area contributed by atoms with Gasteiger partial charge in [-0.25, -0.2) is 0 Å². The van der Waals surface area contributed by atoms with E-state index in [0.29, 0.717) is 5.92 Å². The molecule has 2 N–H and O–H groups in total. The average molecular weight is 250 g/mol. The molecule has 4 nitrogen and oxygen atoms in total. The number of anilines is 1. The van der Waals surface area contributed by atoms with E-state index in [9.17, 15) is 0 Å². The van der Waals surface area contributed by atoms with E-state index in [0.717, 1.165) is 26.1 Å². The molecule has 0 aromatic heterocycles. The first-order chi connectivity index (χ1) is 8.80. The Balaban J connectivity index is 2.14. The van der Waals surface area contributed by atoms with E-state index in [1.165, 1.54) is 11.3 Å². The number of rotatable bonds is 6. The van der Waals surface area contributed by atoms with Crippen molar-refractivity contribution in [3.8, 4) is 0 Å². The van der Waals surface area contributed by atoms with E-state index in [1.807, 2.05) is 0 Å². The van der Waals surface area contributed by atoms with Crippen LogP contribution >= 0.6 is 0 Å². The van der Waals surface area contributed by atoms with Gasteiger partial charge in [-0.05, 0) is 24.6 Å². The highest BCUT2D eigenvalue weighted by molar-refractivity contribution is 5.60. The second-order valence-electron chi connectivity index (χ2n) is 4.64. The van der Waals surface area contributed by atoms with Crippen LogP contribution in [0.4, 0.5) is 5.69 Å². The number of hydrogen-bond acceptors (Lipinski definition) is 4. The zero-order valence-electron chi connectivity index (χ0n) is 11.1. The van der Waals surface area contributed by atoms with E-state index in [-0.39, 0.29) is 6.29 Å². The number of hydrogen-bond donors (Lipinski definition) is 1. The first-order valence-corrected chi connectivity index (χ1v) is 6.39. The maximum atomic E-state index is 5.70. The fourth-order valence-corrected chi connectivity index (χ4v) is 2.63. The predicted molar refractivity (Wildman–Crippen MR) is 72.9 cm³/mol. The first kappa shape index (κ1) is 13.3. The minimum absolute atomic E-state index is 0.185. The maximum Gasteiger partial charge on any atom is 0.174 e. The molecule has 1 aliphatic heterocycles. The Labute approximate surface area is 109 Å². The van der Waals surface area contributed by atoms with E-state index < -0.39 is 0 Å². The first-order valence-electron chi connectivity index (χ1n) is 6.39. The summed E-state index contributed by atoms with van der Waals surface area (Å²) in [4.78, 5) is 2.33. The highest BCUT2D eigenvalue weighted by atomic mass is 16.7. The van der Waals surface area contributed by atoms with Crippen molar-refractivity contribution < 1.29 is 9.47 Å². The monoisotopic (exact) mass is 250 g/mol. The van der Waals surface area contributed by atoms with Gasteiger partial charge in [-0.15, -0.1) is 0 Å². The van der Waals surface area contributed by atoms with Crippen molar-refractivity contribution in [3.63, 3.8) is 0 Å². The van der Waals surface area contributed by atoms with Gasteiger partial charge in [0, 0.05) is 32.4 Å². The molecule has 0 amide bonds. The highest BCUT2D eigenvalue weighted by Crippen LogP contribution is 2.37. The Morgan fingerprint density at radius 3 is 2.72 bits per heavy atom. The number of ether oxygens (including phenoxy) is 2. The summed E-state index contributed by atoms with van der Waals surface area (Å²) in [5, 5.41) is 0. The SMILES string of the molecule is COC(CN1CC(CCN)c2ccccc21)OC. The van der Waals surface area contributed by atoms with Gasteiger partial charge in [-0.2, -0.15) is 0 Å². The van der Waals surface area contributed by atoms with Gasteiger partial charge in [0.25, 0.3) is 0 Å². The highest BCUT2D eigenvalue weighted by Gasteiger charge is 2.28. The summed E-state index contributed by atoms with van der Waals surface area (Å²) < 4.78 is 10.6. The molecule has 2 rings (SSSR count). The van der Waals surface area contributed by atoms with Crippen molar-refractivity contribution >= 4 is 5.69 Å². The van der Waals surface area contributed by atoms with Gasteiger partial charge in [-0.1, -0.05) is 18.2 Å². The van der Waals surface area contributed by atoms with Crippen LogP contribution in [0.5, 0.6) is 0 Å². The van der Waals surface area contributed by atoms with Crippen LogP contribution in [0, 0.1) is 0 Å². The predicted octanol–water partition coefficient (Wildman–Crippen LogP) is 1.56. The average Bonchev–Trinajstić information content (AvgIpc) is 2.75. The zero-order chi connectivity index (χ0) is 13.0. The van der Waals surface area contributed by atoms with Crippen molar-refractivity contribution in [1.29, 1.82) is 0 Å². The summed E-state index contributed by atoms with van der Waals surface area (Å²) in [6.07, 6.45) is 0.840. The molecule has 0 fully saturated rings. The van der Waals surface area contributed by atoms with Crippen molar-refractivity contribution in [2.75, 3.05) is 38.8 Å². The fraction of sp³-hybridized carbons (Fsp3) is 0.571. The number of nitrogens with zero attached hydrogens (tertiary/aromatic N) is 1. The van der Waals surface area contributed by atoms with Crippen molar-refractivity contribution in [1.82, 2.24) is 0 Å². The van der Waals surface area contributed by atoms with Crippen LogP contribution in [-0.4, -0.2) is 40.1 Å². The van der Waals surface area contributed by atoms with E-state index in [1.54, 1.807) is 14.2 Å². The van der Waals surface area contributed by atoms with Gasteiger partial charge in [0.1, 0.15) is 0 Å². The van der Waals surface area contributed by atoms with Gasteiger partial charge in [0.2, 0.25) is 0 Å². The number of methoxy groups -OCH3 is 2. The minimum atomic E-state index is -0.185. The third kappa shape index (κ3) is 2.66. The smallest absolute Gasteiger partial charge is 0.174 e. The lowest BCUT2D eigenvalue weighted by molar-refractivity contribution is -0.0948. The van der Waals surface area contributed by atoms with Crippen LogP contribution < -0.4 is 10.6 Å². The number of para-hydroxylation sites is 1. The number of fused-ring (bicyclic) bond motifs is 1. The van der Waals surface area contributed by atoms with Gasteiger partial charge in [-0.3, -0.25) is 0 Å². The quantitative estimate of drug-likeness (QED) is 0.778. The summed E-state index contributed by atoms with van der Waals surface area (Å²) in [5.74, 6) is 0.528. The fourth-order valence-electron chi connectivity index (χ4n) is 2.63. The second kappa shape index (κ2) is 6.18. The lowest BCUT2D eigenvalue weighted by Gasteiger charge is -2.24. The van der Waals surface area contributed by atoms with Gasteiger partial charge in [0.05, 0.1) is 6.54 Å². The van der Waals surface area contributed by atoms with Crippen molar-refractivity contribution in [2.24, 2.45) is 5.73 Å². The van der Waals surface area contributed by atoms with Gasteiger partial charge in [0.15, 0.2) is 6.29 Å². The molecular formula is C14H22N2O2. The summed E-state index contributed by atoms with van der Waals surface area (Å²) >= 11 is 0. The molecule has 0 spiro atoms. The van der Waals surface area contributed by atoms with E-state index in [2.05, 4.69) is 29.2 Å². The molecule has 0 saturated carbocycles. The molecule has 4 heteroatoms. The molecule has 1 heterocycles.